The third kappa shape index (κ3) is 5.17. The fourth-order valence-electron chi connectivity index (χ4n) is 0.831. The molecule has 0 saturated carbocycles. The molecule has 1 rings (SSSR count). The highest BCUT2D eigenvalue weighted by atomic mass is 35.5. The first-order valence-corrected chi connectivity index (χ1v) is 5.89. The normalized spacial score (nSPS) is 10.5. The smallest absolute Gasteiger partial charge is 0.235 e. The van der Waals surface area contributed by atoms with Gasteiger partial charge < -0.3 is 5.73 Å². The third-order valence-corrected chi connectivity index (χ3v) is 2.87. The summed E-state index contributed by atoms with van der Waals surface area (Å²) in [4.78, 5) is 3.77. The standard InChI is InChI=1S/C7H10ClN3O2S.ClH/c8-6-2-1-3-7(10-6)11-14(12,13)5-4-9;/h1-3H,4-5,9H2,(H,10,11);1H. The van der Waals surface area contributed by atoms with Gasteiger partial charge in [-0.05, 0) is 12.1 Å². The molecule has 86 valence electrons. The van der Waals surface area contributed by atoms with Gasteiger partial charge in [0.05, 0.1) is 5.75 Å². The minimum Gasteiger partial charge on any atom is -0.329 e. The highest BCUT2D eigenvalue weighted by Gasteiger charge is 2.09. The van der Waals surface area contributed by atoms with Crippen molar-refractivity contribution in [2.45, 2.75) is 0 Å². The number of pyridine rings is 1. The van der Waals surface area contributed by atoms with Crippen LogP contribution in [0.25, 0.3) is 0 Å². The maximum absolute atomic E-state index is 11.2. The number of halogens is 2. The van der Waals surface area contributed by atoms with E-state index in [1.54, 1.807) is 12.1 Å². The molecule has 0 aliphatic rings. The highest BCUT2D eigenvalue weighted by Crippen LogP contribution is 2.10. The average Bonchev–Trinajstić information content (AvgIpc) is 2.02. The van der Waals surface area contributed by atoms with Crippen molar-refractivity contribution in [3.8, 4) is 0 Å². The van der Waals surface area contributed by atoms with Crippen LogP contribution < -0.4 is 10.5 Å². The summed E-state index contributed by atoms with van der Waals surface area (Å²) in [6.07, 6.45) is 0. The maximum atomic E-state index is 11.2. The fraction of sp³-hybridized carbons (Fsp3) is 0.286. The average molecular weight is 272 g/mol. The van der Waals surface area contributed by atoms with Crippen LogP contribution in [-0.2, 0) is 10.0 Å². The van der Waals surface area contributed by atoms with Crippen molar-refractivity contribution in [3.05, 3.63) is 23.4 Å². The fourth-order valence-corrected chi connectivity index (χ4v) is 1.84. The van der Waals surface area contributed by atoms with Gasteiger partial charge in [0.25, 0.3) is 0 Å². The summed E-state index contributed by atoms with van der Waals surface area (Å²) >= 11 is 5.58. The Morgan fingerprint density at radius 3 is 2.67 bits per heavy atom. The topological polar surface area (TPSA) is 85.1 Å². The number of aromatic nitrogens is 1. The third-order valence-electron chi connectivity index (χ3n) is 1.36. The summed E-state index contributed by atoms with van der Waals surface area (Å²) in [5.41, 5.74) is 5.13. The van der Waals surface area contributed by atoms with E-state index >= 15 is 0 Å². The summed E-state index contributed by atoms with van der Waals surface area (Å²) in [5, 5.41) is 0.234. The van der Waals surface area contributed by atoms with Crippen LogP contribution in [0.1, 0.15) is 0 Å². The van der Waals surface area contributed by atoms with Gasteiger partial charge in [-0.1, -0.05) is 17.7 Å². The van der Waals surface area contributed by atoms with E-state index in [-0.39, 0.29) is 35.7 Å². The summed E-state index contributed by atoms with van der Waals surface area (Å²) in [7, 11) is -3.40. The molecule has 0 saturated heterocycles. The van der Waals surface area contributed by atoms with E-state index in [1.807, 2.05) is 0 Å². The van der Waals surface area contributed by atoms with Crippen LogP contribution >= 0.6 is 24.0 Å². The Labute approximate surface area is 99.5 Å². The van der Waals surface area contributed by atoms with Gasteiger partial charge in [0.2, 0.25) is 10.0 Å². The van der Waals surface area contributed by atoms with Crippen molar-refractivity contribution in [1.29, 1.82) is 0 Å². The van der Waals surface area contributed by atoms with Gasteiger partial charge in [-0.15, -0.1) is 12.4 Å². The SMILES string of the molecule is Cl.NCCS(=O)(=O)Nc1cccc(Cl)n1. The number of nitrogens with zero attached hydrogens (tertiary/aromatic N) is 1. The van der Waals surface area contributed by atoms with Crippen molar-refractivity contribution in [2.24, 2.45) is 5.73 Å². The summed E-state index contributed by atoms with van der Waals surface area (Å²) in [6, 6.07) is 4.68. The van der Waals surface area contributed by atoms with Crippen LogP contribution in [0.2, 0.25) is 5.15 Å². The van der Waals surface area contributed by atoms with E-state index in [0.717, 1.165) is 0 Å². The van der Waals surface area contributed by atoms with Crippen molar-refractivity contribution in [3.63, 3.8) is 0 Å². The van der Waals surface area contributed by atoms with Crippen molar-refractivity contribution >= 4 is 39.8 Å². The lowest BCUT2D eigenvalue weighted by molar-refractivity contribution is 0.601. The maximum Gasteiger partial charge on any atom is 0.235 e. The molecule has 3 N–H and O–H groups in total. The summed E-state index contributed by atoms with van der Waals surface area (Å²) < 4.78 is 24.7. The molecule has 0 aromatic carbocycles. The Hall–Kier alpha value is -0.560. The van der Waals surface area contributed by atoms with Crippen molar-refractivity contribution in [2.75, 3.05) is 17.0 Å². The quantitative estimate of drug-likeness (QED) is 0.796. The number of nitrogens with one attached hydrogen (secondary N) is 1. The van der Waals surface area contributed by atoms with Crippen molar-refractivity contribution in [1.82, 2.24) is 4.98 Å². The zero-order valence-corrected chi connectivity index (χ0v) is 10.1. The Bertz CT molecular complexity index is 410. The van der Waals surface area contributed by atoms with Crippen LogP contribution in [0.15, 0.2) is 18.2 Å². The lowest BCUT2D eigenvalue weighted by atomic mass is 10.5. The minimum atomic E-state index is -3.40. The number of nitrogens with two attached hydrogens (primary N) is 1. The second-order valence-corrected chi connectivity index (χ2v) is 4.78. The zero-order chi connectivity index (χ0) is 10.6. The second-order valence-electron chi connectivity index (χ2n) is 2.56. The molecule has 15 heavy (non-hydrogen) atoms. The van der Waals surface area contributed by atoms with Crippen LogP contribution in [0.5, 0.6) is 0 Å². The Morgan fingerprint density at radius 2 is 2.13 bits per heavy atom. The van der Waals surface area contributed by atoms with E-state index < -0.39 is 10.0 Å². The first-order chi connectivity index (χ1) is 6.53. The molecule has 5 nitrogen and oxygen atoms in total. The molecule has 8 heteroatoms. The Kier molecular flexibility index (Phi) is 5.89. The number of rotatable bonds is 4. The molecule has 0 unspecified atom stereocenters. The van der Waals surface area contributed by atoms with E-state index in [4.69, 9.17) is 17.3 Å². The van der Waals surface area contributed by atoms with Gasteiger partial charge in [-0.2, -0.15) is 0 Å². The van der Waals surface area contributed by atoms with Gasteiger partial charge in [-0.3, -0.25) is 4.72 Å². The summed E-state index contributed by atoms with van der Waals surface area (Å²) in [5.74, 6) is 0.0622. The zero-order valence-electron chi connectivity index (χ0n) is 7.68. The Balaban J connectivity index is 0.00000196. The number of anilines is 1. The number of hydrogen-bond acceptors (Lipinski definition) is 4. The molecule has 1 aromatic heterocycles. The molecule has 0 atom stereocenters. The highest BCUT2D eigenvalue weighted by molar-refractivity contribution is 7.92. The largest absolute Gasteiger partial charge is 0.329 e. The second kappa shape index (κ2) is 6.12. The van der Waals surface area contributed by atoms with Gasteiger partial charge >= 0.3 is 0 Å². The molecule has 0 spiro atoms. The molecule has 0 aliphatic heterocycles. The molecule has 0 fully saturated rings. The van der Waals surface area contributed by atoms with Crippen LogP contribution in [0, 0.1) is 0 Å². The number of sulfonamides is 1. The molecule has 0 bridgehead atoms. The van der Waals surface area contributed by atoms with E-state index in [0.29, 0.717) is 0 Å². The first-order valence-electron chi connectivity index (χ1n) is 3.86. The molecule has 1 heterocycles. The summed E-state index contributed by atoms with van der Waals surface area (Å²) in [6.45, 7) is 0.0654. The van der Waals surface area contributed by atoms with Gasteiger partial charge in [-0.25, -0.2) is 13.4 Å². The van der Waals surface area contributed by atoms with Gasteiger partial charge in [0, 0.05) is 6.54 Å². The lowest BCUT2D eigenvalue weighted by Gasteiger charge is -2.05. The van der Waals surface area contributed by atoms with Gasteiger partial charge in [0.15, 0.2) is 0 Å². The predicted molar refractivity (Wildman–Crippen MR) is 63.0 cm³/mol. The first kappa shape index (κ1) is 14.4. The minimum absolute atomic E-state index is 0. The molecule has 1 aromatic rings. The number of hydrogen-bond donors (Lipinski definition) is 2. The molecule has 0 radical (unpaired) electrons. The molecular formula is C7H11Cl2N3O2S. The van der Waals surface area contributed by atoms with Crippen LogP contribution in [-0.4, -0.2) is 25.7 Å². The van der Waals surface area contributed by atoms with Crippen molar-refractivity contribution < 1.29 is 8.42 Å². The molecular weight excluding hydrogens is 261 g/mol. The van der Waals surface area contributed by atoms with E-state index in [9.17, 15) is 8.42 Å². The molecule has 0 amide bonds. The van der Waals surface area contributed by atoms with Gasteiger partial charge in [0.1, 0.15) is 11.0 Å². The molecule has 0 aliphatic carbocycles. The van der Waals surface area contributed by atoms with E-state index in [2.05, 4.69) is 9.71 Å². The predicted octanol–water partition coefficient (Wildman–Crippen LogP) is 0.857. The van der Waals surface area contributed by atoms with Crippen LogP contribution in [0.3, 0.4) is 0 Å². The Morgan fingerprint density at radius 1 is 1.47 bits per heavy atom. The van der Waals surface area contributed by atoms with E-state index in [1.165, 1.54) is 6.07 Å². The van der Waals surface area contributed by atoms with Crippen LogP contribution in [0.4, 0.5) is 5.82 Å². The monoisotopic (exact) mass is 271 g/mol. The lowest BCUT2D eigenvalue weighted by Crippen LogP contribution is -2.22.